The Kier molecular flexibility index (Phi) is 8.46. The summed E-state index contributed by atoms with van der Waals surface area (Å²) in [5, 5.41) is 0.582. The first-order valence-electron chi connectivity index (χ1n) is 6.66. The number of methoxy groups -OCH3 is 2. The summed E-state index contributed by atoms with van der Waals surface area (Å²) in [6.45, 7) is 3.20. The summed E-state index contributed by atoms with van der Waals surface area (Å²) in [4.78, 5) is 14.3. The van der Waals surface area contributed by atoms with Crippen molar-refractivity contribution in [2.75, 3.05) is 47.1 Å². The summed E-state index contributed by atoms with van der Waals surface area (Å²) in [6.07, 6.45) is 0.892. The number of Topliss-reactive ketones (excluding diaryl/α,β-unsaturated/α-hetero) is 1. The van der Waals surface area contributed by atoms with Crippen LogP contribution in [-0.2, 0) is 9.47 Å². The van der Waals surface area contributed by atoms with Crippen LogP contribution < -0.4 is 0 Å². The van der Waals surface area contributed by atoms with Gasteiger partial charge in [-0.15, -0.1) is 0 Å². The third-order valence-corrected chi connectivity index (χ3v) is 3.18. The Morgan fingerprint density at radius 2 is 1.95 bits per heavy atom. The second kappa shape index (κ2) is 9.88. The Morgan fingerprint density at radius 3 is 2.60 bits per heavy atom. The molecule has 112 valence electrons. The molecule has 0 fully saturated rings. The Morgan fingerprint density at radius 1 is 1.20 bits per heavy atom. The largest absolute Gasteiger partial charge is 0.385 e. The average Bonchev–Trinajstić information content (AvgIpc) is 2.44. The highest BCUT2D eigenvalue weighted by Gasteiger charge is 2.12. The zero-order valence-corrected chi connectivity index (χ0v) is 12.9. The third-order valence-electron chi connectivity index (χ3n) is 2.95. The molecular formula is C15H22ClNO3. The monoisotopic (exact) mass is 299 g/mol. The highest BCUT2D eigenvalue weighted by molar-refractivity contribution is 6.31. The lowest BCUT2D eigenvalue weighted by Gasteiger charge is -2.21. The number of hydrogen-bond acceptors (Lipinski definition) is 4. The minimum absolute atomic E-state index is 0.0704. The molecule has 0 bridgehead atoms. The number of benzene rings is 1. The lowest BCUT2D eigenvalue weighted by Crippen LogP contribution is -2.34. The highest BCUT2D eigenvalue weighted by Crippen LogP contribution is 2.11. The smallest absolute Gasteiger partial charge is 0.176 e. The van der Waals surface area contributed by atoms with Crippen LogP contribution in [0.5, 0.6) is 0 Å². The van der Waals surface area contributed by atoms with E-state index in [1.165, 1.54) is 0 Å². The van der Waals surface area contributed by atoms with Gasteiger partial charge in [0.15, 0.2) is 5.78 Å². The van der Waals surface area contributed by atoms with E-state index in [0.717, 1.165) is 19.5 Å². The number of rotatable bonds is 10. The van der Waals surface area contributed by atoms with Crippen molar-refractivity contribution in [2.24, 2.45) is 0 Å². The van der Waals surface area contributed by atoms with Gasteiger partial charge in [-0.2, -0.15) is 0 Å². The van der Waals surface area contributed by atoms with E-state index < -0.39 is 0 Å². The first kappa shape index (κ1) is 17.1. The van der Waals surface area contributed by atoms with Crippen LogP contribution in [0.2, 0.25) is 5.02 Å². The lowest BCUT2D eigenvalue weighted by atomic mass is 10.1. The molecule has 0 saturated carbocycles. The maximum Gasteiger partial charge on any atom is 0.176 e. The third kappa shape index (κ3) is 6.48. The van der Waals surface area contributed by atoms with Crippen LogP contribution in [0.3, 0.4) is 0 Å². The average molecular weight is 300 g/mol. The molecule has 0 radical (unpaired) electrons. The minimum Gasteiger partial charge on any atom is -0.385 e. The van der Waals surface area contributed by atoms with Crippen molar-refractivity contribution in [2.45, 2.75) is 6.42 Å². The fourth-order valence-electron chi connectivity index (χ4n) is 1.88. The van der Waals surface area contributed by atoms with Crippen LogP contribution in [-0.4, -0.2) is 57.8 Å². The molecule has 0 spiro atoms. The quantitative estimate of drug-likeness (QED) is 0.491. The second-order valence-electron chi connectivity index (χ2n) is 4.55. The van der Waals surface area contributed by atoms with E-state index >= 15 is 0 Å². The predicted octanol–water partition coefficient (Wildman–Crippen LogP) is 2.51. The fraction of sp³-hybridized carbons (Fsp3) is 0.533. The Hall–Kier alpha value is -0.940. The summed E-state index contributed by atoms with van der Waals surface area (Å²) in [5.41, 5.74) is 0.645. The lowest BCUT2D eigenvalue weighted by molar-refractivity contribution is 0.0878. The molecule has 1 rings (SSSR count). The maximum atomic E-state index is 12.2. The first-order chi connectivity index (χ1) is 9.67. The van der Waals surface area contributed by atoms with Crippen molar-refractivity contribution < 1.29 is 14.3 Å². The molecule has 0 aliphatic carbocycles. The Labute approximate surface area is 125 Å². The normalized spacial score (nSPS) is 11.0. The number of carbonyl (C=O) groups is 1. The molecule has 4 nitrogen and oxygen atoms in total. The van der Waals surface area contributed by atoms with Crippen LogP contribution in [0.15, 0.2) is 24.3 Å². The summed E-state index contributed by atoms with van der Waals surface area (Å²) in [6, 6.07) is 7.05. The molecule has 0 unspecified atom stereocenters. The highest BCUT2D eigenvalue weighted by atomic mass is 35.5. The number of carbonyl (C=O) groups excluding carboxylic acids is 1. The second-order valence-corrected chi connectivity index (χ2v) is 4.99. The first-order valence-corrected chi connectivity index (χ1v) is 7.04. The number of hydrogen-bond donors (Lipinski definition) is 0. The van der Waals surface area contributed by atoms with E-state index in [-0.39, 0.29) is 5.78 Å². The molecule has 0 amide bonds. The zero-order valence-electron chi connectivity index (χ0n) is 12.1. The van der Waals surface area contributed by atoms with Gasteiger partial charge in [0.2, 0.25) is 0 Å². The van der Waals surface area contributed by atoms with Crippen LogP contribution in [0.25, 0.3) is 0 Å². The minimum atomic E-state index is 0.0704. The number of halogens is 1. The number of ketones is 1. The topological polar surface area (TPSA) is 38.8 Å². The molecule has 0 N–H and O–H groups in total. The Balaban J connectivity index is 2.55. The predicted molar refractivity (Wildman–Crippen MR) is 80.6 cm³/mol. The van der Waals surface area contributed by atoms with Gasteiger partial charge in [-0.25, -0.2) is 0 Å². The molecular weight excluding hydrogens is 278 g/mol. The van der Waals surface area contributed by atoms with Gasteiger partial charge >= 0.3 is 0 Å². The fourth-order valence-corrected chi connectivity index (χ4v) is 2.07. The van der Waals surface area contributed by atoms with Crippen LogP contribution in [0, 0.1) is 0 Å². The van der Waals surface area contributed by atoms with Crippen molar-refractivity contribution in [1.29, 1.82) is 0 Å². The molecule has 0 saturated heterocycles. The number of ether oxygens (including phenoxy) is 2. The molecule has 0 atom stereocenters. The van der Waals surface area contributed by atoms with Crippen LogP contribution in [0.4, 0.5) is 0 Å². The van der Waals surface area contributed by atoms with E-state index in [1.807, 2.05) is 0 Å². The molecule has 20 heavy (non-hydrogen) atoms. The van der Waals surface area contributed by atoms with Gasteiger partial charge in [0.05, 0.1) is 13.2 Å². The van der Waals surface area contributed by atoms with Gasteiger partial charge in [-0.05, 0) is 18.6 Å². The molecule has 0 aliphatic rings. The van der Waals surface area contributed by atoms with E-state index in [2.05, 4.69) is 4.90 Å². The Bertz CT molecular complexity index is 412. The van der Waals surface area contributed by atoms with E-state index in [1.54, 1.807) is 38.5 Å². The molecule has 1 aromatic carbocycles. The zero-order chi connectivity index (χ0) is 14.8. The van der Waals surface area contributed by atoms with Gasteiger partial charge in [0, 0.05) is 44.5 Å². The SMILES string of the molecule is COCCCN(CCOC)CC(=O)c1cccc(Cl)c1. The molecule has 0 aliphatic heterocycles. The number of nitrogens with zero attached hydrogens (tertiary/aromatic N) is 1. The molecule has 0 heterocycles. The standard InChI is InChI=1S/C15H22ClNO3/c1-19-9-4-7-17(8-10-20-2)12-15(18)13-5-3-6-14(16)11-13/h3,5-6,11H,4,7-10,12H2,1-2H3. The maximum absolute atomic E-state index is 12.2. The van der Waals surface area contributed by atoms with Crippen molar-refractivity contribution in [3.8, 4) is 0 Å². The summed E-state index contributed by atoms with van der Waals surface area (Å²) < 4.78 is 10.1. The molecule has 5 heteroatoms. The summed E-state index contributed by atoms with van der Waals surface area (Å²) >= 11 is 5.91. The van der Waals surface area contributed by atoms with Gasteiger partial charge in [-0.1, -0.05) is 23.7 Å². The van der Waals surface area contributed by atoms with E-state index in [4.69, 9.17) is 21.1 Å². The van der Waals surface area contributed by atoms with Crippen molar-refractivity contribution in [3.63, 3.8) is 0 Å². The van der Waals surface area contributed by atoms with Crippen molar-refractivity contribution in [3.05, 3.63) is 34.9 Å². The van der Waals surface area contributed by atoms with Gasteiger partial charge in [0.1, 0.15) is 0 Å². The van der Waals surface area contributed by atoms with Crippen LogP contribution in [0.1, 0.15) is 16.8 Å². The summed E-state index contributed by atoms with van der Waals surface area (Å²) in [5.74, 6) is 0.0704. The van der Waals surface area contributed by atoms with Crippen molar-refractivity contribution in [1.82, 2.24) is 4.90 Å². The van der Waals surface area contributed by atoms with Gasteiger partial charge in [0.25, 0.3) is 0 Å². The molecule has 1 aromatic rings. The van der Waals surface area contributed by atoms with Gasteiger partial charge in [-0.3, -0.25) is 9.69 Å². The summed E-state index contributed by atoms with van der Waals surface area (Å²) in [7, 11) is 3.34. The van der Waals surface area contributed by atoms with E-state index in [0.29, 0.717) is 30.3 Å². The van der Waals surface area contributed by atoms with E-state index in [9.17, 15) is 4.79 Å². The van der Waals surface area contributed by atoms with Gasteiger partial charge < -0.3 is 9.47 Å². The van der Waals surface area contributed by atoms with Crippen LogP contribution >= 0.6 is 11.6 Å². The molecule has 0 aromatic heterocycles. The van der Waals surface area contributed by atoms with Crippen molar-refractivity contribution >= 4 is 17.4 Å².